The average molecular weight is 184 g/mol. The zero-order chi connectivity index (χ0) is 9.94. The number of carbonyl (C=O) groups excluding carboxylic acids is 1. The van der Waals surface area contributed by atoms with Gasteiger partial charge in [-0.1, -0.05) is 45.1 Å². The summed E-state index contributed by atoms with van der Waals surface area (Å²) < 4.78 is 4.43. The van der Waals surface area contributed by atoms with Crippen LogP contribution >= 0.6 is 0 Å². The van der Waals surface area contributed by atoms with Crippen LogP contribution in [-0.2, 0) is 9.53 Å². The number of esters is 1. The fourth-order valence-corrected chi connectivity index (χ4v) is 1.26. The molecular formula is C11H20O2. The van der Waals surface area contributed by atoms with E-state index in [-0.39, 0.29) is 5.97 Å². The van der Waals surface area contributed by atoms with Gasteiger partial charge >= 0.3 is 5.97 Å². The van der Waals surface area contributed by atoms with Crippen molar-refractivity contribution in [3.63, 3.8) is 0 Å². The highest BCUT2D eigenvalue weighted by Gasteiger charge is 1.95. The summed E-state index contributed by atoms with van der Waals surface area (Å²) in [7, 11) is 0. The van der Waals surface area contributed by atoms with Crippen LogP contribution in [0.3, 0.4) is 0 Å². The minimum atomic E-state index is -0.359. The minimum absolute atomic E-state index is 0.359. The van der Waals surface area contributed by atoms with Crippen molar-refractivity contribution in [1.29, 1.82) is 0 Å². The Balaban J connectivity index is 0.000000223. The highest BCUT2D eigenvalue weighted by Crippen LogP contribution is 2.15. The number of ether oxygens (including phenoxy) is 1. The second kappa shape index (κ2) is 9.30. The normalized spacial score (nSPS) is 15.2. The Morgan fingerprint density at radius 2 is 1.62 bits per heavy atom. The van der Waals surface area contributed by atoms with Crippen LogP contribution in [0.1, 0.15) is 45.4 Å². The topological polar surface area (TPSA) is 26.3 Å². The molecule has 1 aliphatic rings. The van der Waals surface area contributed by atoms with Gasteiger partial charge in [0.2, 0.25) is 0 Å². The van der Waals surface area contributed by atoms with Crippen LogP contribution in [0.5, 0.6) is 0 Å². The summed E-state index contributed by atoms with van der Waals surface area (Å²) in [6.45, 7) is 5.38. The molecule has 0 unspecified atom stereocenters. The molecular weight excluding hydrogens is 164 g/mol. The number of carbonyl (C=O) groups is 1. The predicted octanol–water partition coefficient (Wildman–Crippen LogP) is 3.08. The predicted molar refractivity (Wildman–Crippen MR) is 54.5 cm³/mol. The first-order valence-corrected chi connectivity index (χ1v) is 5.10. The van der Waals surface area contributed by atoms with Gasteiger partial charge in [-0.3, -0.25) is 0 Å². The molecule has 0 atom stereocenters. The Labute approximate surface area is 81.0 Å². The molecule has 0 aromatic rings. The number of hydrogen-bond donors (Lipinski definition) is 0. The van der Waals surface area contributed by atoms with Gasteiger partial charge in [0.25, 0.3) is 0 Å². The van der Waals surface area contributed by atoms with Gasteiger partial charge < -0.3 is 4.74 Å². The molecule has 0 spiro atoms. The molecule has 0 aromatic heterocycles. The van der Waals surface area contributed by atoms with Gasteiger partial charge in [0.15, 0.2) is 0 Å². The van der Waals surface area contributed by atoms with E-state index in [4.69, 9.17) is 0 Å². The maximum atomic E-state index is 10.1. The van der Waals surface area contributed by atoms with Crippen molar-refractivity contribution in [2.45, 2.75) is 45.4 Å². The van der Waals surface area contributed by atoms with E-state index < -0.39 is 0 Å². The van der Waals surface area contributed by atoms with Crippen molar-refractivity contribution in [3.8, 4) is 0 Å². The van der Waals surface area contributed by atoms with Crippen molar-refractivity contribution in [3.05, 3.63) is 12.7 Å². The van der Waals surface area contributed by atoms with Crippen LogP contribution in [0.25, 0.3) is 0 Å². The van der Waals surface area contributed by atoms with Gasteiger partial charge in [-0.15, -0.1) is 0 Å². The molecule has 0 bridgehead atoms. The first-order valence-electron chi connectivity index (χ1n) is 5.10. The molecule has 2 heteroatoms. The minimum Gasteiger partial charge on any atom is -0.463 e. The van der Waals surface area contributed by atoms with E-state index >= 15 is 0 Å². The third-order valence-electron chi connectivity index (χ3n) is 1.95. The Kier molecular flexibility index (Phi) is 8.73. The molecule has 13 heavy (non-hydrogen) atoms. The molecule has 76 valence electrons. The summed E-state index contributed by atoms with van der Waals surface area (Å²) in [5.74, 6) is -0.359. The van der Waals surface area contributed by atoms with Gasteiger partial charge in [0, 0.05) is 6.08 Å². The van der Waals surface area contributed by atoms with Crippen LogP contribution in [-0.4, -0.2) is 12.6 Å². The summed E-state index contributed by atoms with van der Waals surface area (Å²) >= 11 is 0. The molecule has 1 saturated carbocycles. The van der Waals surface area contributed by atoms with E-state index in [1.165, 1.54) is 38.5 Å². The molecule has 1 fully saturated rings. The summed E-state index contributed by atoms with van der Waals surface area (Å²) in [5, 5.41) is 0. The SMILES string of the molecule is C1CCCCC1.C=CC(=O)OCC. The molecule has 0 radical (unpaired) electrons. The van der Waals surface area contributed by atoms with Gasteiger partial charge in [-0.05, 0) is 6.92 Å². The molecule has 0 amide bonds. The lowest BCUT2D eigenvalue weighted by Crippen LogP contribution is -1.97. The lowest BCUT2D eigenvalue weighted by molar-refractivity contribution is -0.137. The summed E-state index contributed by atoms with van der Waals surface area (Å²) in [6, 6.07) is 0. The second-order valence-corrected chi connectivity index (χ2v) is 3.08. The summed E-state index contributed by atoms with van der Waals surface area (Å²) in [5.41, 5.74) is 0. The molecule has 0 N–H and O–H groups in total. The largest absolute Gasteiger partial charge is 0.463 e. The van der Waals surface area contributed by atoms with Gasteiger partial charge in [0.05, 0.1) is 6.61 Å². The zero-order valence-corrected chi connectivity index (χ0v) is 8.55. The number of hydrogen-bond acceptors (Lipinski definition) is 2. The number of rotatable bonds is 2. The third-order valence-corrected chi connectivity index (χ3v) is 1.95. The molecule has 0 heterocycles. The van der Waals surface area contributed by atoms with Crippen molar-refractivity contribution in [2.75, 3.05) is 6.61 Å². The fraction of sp³-hybridized carbons (Fsp3) is 0.727. The van der Waals surface area contributed by atoms with Crippen LogP contribution in [0, 0.1) is 0 Å². The molecule has 0 saturated heterocycles. The lowest BCUT2D eigenvalue weighted by Gasteiger charge is -2.05. The van der Waals surface area contributed by atoms with Crippen molar-refractivity contribution >= 4 is 5.97 Å². The maximum Gasteiger partial charge on any atom is 0.330 e. The molecule has 1 aliphatic carbocycles. The van der Waals surface area contributed by atoms with E-state index in [2.05, 4.69) is 11.3 Å². The van der Waals surface area contributed by atoms with Crippen molar-refractivity contribution in [2.24, 2.45) is 0 Å². The highest BCUT2D eigenvalue weighted by atomic mass is 16.5. The van der Waals surface area contributed by atoms with Crippen LogP contribution in [0.15, 0.2) is 12.7 Å². The highest BCUT2D eigenvalue weighted by molar-refractivity contribution is 5.81. The standard InChI is InChI=1S/C6H12.C5H8O2/c1-2-4-6-5-3-1;1-3-5(6)7-4-2/h1-6H2;3H,1,4H2,2H3. The Bertz CT molecular complexity index is 126. The Hall–Kier alpha value is -0.790. The third kappa shape index (κ3) is 9.12. The zero-order valence-electron chi connectivity index (χ0n) is 8.55. The average Bonchev–Trinajstić information content (AvgIpc) is 2.22. The maximum absolute atomic E-state index is 10.1. The van der Waals surface area contributed by atoms with E-state index in [9.17, 15) is 4.79 Å². The Morgan fingerprint density at radius 3 is 1.77 bits per heavy atom. The van der Waals surface area contributed by atoms with Crippen LogP contribution in [0.4, 0.5) is 0 Å². The smallest absolute Gasteiger partial charge is 0.330 e. The molecule has 0 aliphatic heterocycles. The van der Waals surface area contributed by atoms with Gasteiger partial charge in [-0.25, -0.2) is 4.79 Å². The van der Waals surface area contributed by atoms with E-state index in [1.54, 1.807) is 6.92 Å². The van der Waals surface area contributed by atoms with E-state index in [0.717, 1.165) is 6.08 Å². The molecule has 1 rings (SSSR count). The second-order valence-electron chi connectivity index (χ2n) is 3.08. The molecule has 2 nitrogen and oxygen atoms in total. The first kappa shape index (κ1) is 12.2. The van der Waals surface area contributed by atoms with Crippen molar-refractivity contribution in [1.82, 2.24) is 0 Å². The quantitative estimate of drug-likeness (QED) is 0.487. The summed E-state index contributed by atoms with van der Waals surface area (Å²) in [4.78, 5) is 10.1. The fourth-order valence-electron chi connectivity index (χ4n) is 1.26. The van der Waals surface area contributed by atoms with E-state index in [1.807, 2.05) is 0 Å². The summed E-state index contributed by atoms with van der Waals surface area (Å²) in [6.07, 6.45) is 10.1. The molecule has 0 aromatic carbocycles. The van der Waals surface area contributed by atoms with Crippen molar-refractivity contribution < 1.29 is 9.53 Å². The first-order chi connectivity index (χ1) is 6.31. The van der Waals surface area contributed by atoms with E-state index in [0.29, 0.717) is 6.61 Å². The van der Waals surface area contributed by atoms with Gasteiger partial charge in [-0.2, -0.15) is 0 Å². The monoisotopic (exact) mass is 184 g/mol. The van der Waals surface area contributed by atoms with Crippen LogP contribution < -0.4 is 0 Å². The Morgan fingerprint density at radius 1 is 1.23 bits per heavy atom. The van der Waals surface area contributed by atoms with Crippen LogP contribution in [0.2, 0.25) is 0 Å². The van der Waals surface area contributed by atoms with Gasteiger partial charge in [0.1, 0.15) is 0 Å². The lowest BCUT2D eigenvalue weighted by atomic mass is 10.0.